The molecule has 2 rings (SSSR count). The number of hydrogen-bond donors (Lipinski definition) is 1. The monoisotopic (exact) mass is 290 g/mol. The molecule has 1 aliphatic heterocycles. The van der Waals surface area contributed by atoms with Crippen molar-refractivity contribution in [2.45, 2.75) is 12.6 Å². The third-order valence-corrected chi connectivity index (χ3v) is 3.40. The van der Waals surface area contributed by atoms with Gasteiger partial charge in [-0.1, -0.05) is 18.2 Å². The molecule has 5 nitrogen and oxygen atoms in total. The summed E-state index contributed by atoms with van der Waals surface area (Å²) in [7, 11) is 1.63. The van der Waals surface area contributed by atoms with Crippen molar-refractivity contribution in [2.24, 2.45) is 0 Å². The number of rotatable bonds is 6. The highest BCUT2D eigenvalue weighted by atomic mass is 16.5. The summed E-state index contributed by atoms with van der Waals surface area (Å²) in [6, 6.07) is 7.71. The van der Waals surface area contributed by atoms with Crippen LogP contribution in [0.2, 0.25) is 0 Å². The Kier molecular flexibility index (Phi) is 5.78. The number of amides is 1. The van der Waals surface area contributed by atoms with Crippen LogP contribution in [0.4, 0.5) is 0 Å². The molecule has 0 radical (unpaired) electrons. The van der Waals surface area contributed by atoms with E-state index in [0.29, 0.717) is 26.2 Å². The maximum Gasteiger partial charge on any atom is 0.253 e. The van der Waals surface area contributed by atoms with Crippen molar-refractivity contribution in [3.8, 4) is 5.75 Å². The van der Waals surface area contributed by atoms with Crippen molar-refractivity contribution in [3.63, 3.8) is 0 Å². The van der Waals surface area contributed by atoms with Gasteiger partial charge in [0.2, 0.25) is 0 Å². The van der Waals surface area contributed by atoms with E-state index in [2.05, 4.69) is 11.9 Å². The highest BCUT2D eigenvalue weighted by molar-refractivity contribution is 5.81. The second-order valence-corrected chi connectivity index (χ2v) is 4.92. The zero-order valence-corrected chi connectivity index (χ0v) is 12.4. The lowest BCUT2D eigenvalue weighted by Gasteiger charge is -2.29. The van der Waals surface area contributed by atoms with Gasteiger partial charge in [0.1, 0.15) is 11.9 Å². The van der Waals surface area contributed by atoms with E-state index in [1.165, 1.54) is 0 Å². The Morgan fingerprint density at radius 2 is 2.29 bits per heavy atom. The van der Waals surface area contributed by atoms with Crippen molar-refractivity contribution in [1.29, 1.82) is 0 Å². The Labute approximate surface area is 125 Å². The summed E-state index contributed by atoms with van der Waals surface area (Å²) in [5, 5.41) is 3.18. The fourth-order valence-electron chi connectivity index (χ4n) is 2.27. The number of benzene rings is 1. The summed E-state index contributed by atoms with van der Waals surface area (Å²) in [5.41, 5.74) is 1.05. The molecule has 1 atom stereocenters. The summed E-state index contributed by atoms with van der Waals surface area (Å²) in [6.45, 7) is 6.70. The van der Waals surface area contributed by atoms with Crippen LogP contribution in [0.5, 0.6) is 5.75 Å². The molecule has 1 amide bonds. The van der Waals surface area contributed by atoms with Crippen LogP contribution in [0.15, 0.2) is 36.9 Å². The predicted octanol–water partition coefficient (Wildman–Crippen LogP) is 1.20. The van der Waals surface area contributed by atoms with Gasteiger partial charge in [-0.2, -0.15) is 0 Å². The van der Waals surface area contributed by atoms with Gasteiger partial charge >= 0.3 is 0 Å². The highest BCUT2D eigenvalue weighted by Gasteiger charge is 2.26. The lowest BCUT2D eigenvalue weighted by molar-refractivity contribution is -0.145. The van der Waals surface area contributed by atoms with Gasteiger partial charge in [-0.3, -0.25) is 4.79 Å². The molecule has 1 aromatic carbocycles. The Morgan fingerprint density at radius 1 is 1.52 bits per heavy atom. The molecule has 1 aliphatic rings. The van der Waals surface area contributed by atoms with Gasteiger partial charge in [0, 0.05) is 26.2 Å². The Balaban J connectivity index is 2.02. The van der Waals surface area contributed by atoms with E-state index in [1.54, 1.807) is 18.1 Å². The van der Waals surface area contributed by atoms with E-state index < -0.39 is 6.10 Å². The number of carbonyl (C=O) groups excluding carboxylic acids is 1. The Bertz CT molecular complexity index is 467. The molecule has 1 heterocycles. The van der Waals surface area contributed by atoms with E-state index in [0.717, 1.165) is 17.9 Å². The molecule has 21 heavy (non-hydrogen) atoms. The lowest BCUT2D eigenvalue weighted by atomic mass is 10.2. The molecule has 1 unspecified atom stereocenters. The van der Waals surface area contributed by atoms with Gasteiger partial charge < -0.3 is 19.7 Å². The number of morpholine rings is 1. The van der Waals surface area contributed by atoms with Crippen LogP contribution in [-0.4, -0.2) is 50.3 Å². The van der Waals surface area contributed by atoms with Crippen LogP contribution in [0, 0.1) is 0 Å². The normalized spacial score (nSPS) is 18.0. The zero-order valence-electron chi connectivity index (χ0n) is 12.4. The van der Waals surface area contributed by atoms with Gasteiger partial charge in [0.15, 0.2) is 0 Å². The van der Waals surface area contributed by atoms with Gasteiger partial charge in [0.25, 0.3) is 5.91 Å². The maximum atomic E-state index is 12.5. The molecule has 0 aliphatic carbocycles. The molecular weight excluding hydrogens is 268 g/mol. The van der Waals surface area contributed by atoms with Gasteiger partial charge in [0.05, 0.1) is 13.7 Å². The Hall–Kier alpha value is -1.85. The first-order valence-corrected chi connectivity index (χ1v) is 7.09. The van der Waals surface area contributed by atoms with Crippen molar-refractivity contribution < 1.29 is 14.3 Å². The molecule has 0 bridgehead atoms. The SMILES string of the molecule is C=CCN(Cc1ccc(OC)cc1)C(=O)C1CNCCO1. The first kappa shape index (κ1) is 15.5. The molecule has 1 aromatic rings. The minimum absolute atomic E-state index is 0.00193. The average Bonchev–Trinajstić information content (AvgIpc) is 2.55. The third-order valence-electron chi connectivity index (χ3n) is 3.40. The summed E-state index contributed by atoms with van der Waals surface area (Å²) in [6.07, 6.45) is 1.33. The number of ether oxygens (including phenoxy) is 2. The van der Waals surface area contributed by atoms with Crippen molar-refractivity contribution in [3.05, 3.63) is 42.5 Å². The zero-order chi connectivity index (χ0) is 15.1. The number of nitrogens with zero attached hydrogens (tertiary/aromatic N) is 1. The summed E-state index contributed by atoms with van der Waals surface area (Å²) in [5.74, 6) is 0.804. The van der Waals surface area contributed by atoms with Gasteiger partial charge in [-0.05, 0) is 17.7 Å². The van der Waals surface area contributed by atoms with Crippen LogP contribution < -0.4 is 10.1 Å². The molecule has 1 saturated heterocycles. The van der Waals surface area contributed by atoms with Crippen molar-refractivity contribution in [1.82, 2.24) is 10.2 Å². The van der Waals surface area contributed by atoms with E-state index in [9.17, 15) is 4.79 Å². The molecule has 0 spiro atoms. The molecular formula is C16H22N2O3. The Morgan fingerprint density at radius 3 is 2.86 bits per heavy atom. The minimum atomic E-state index is -0.406. The lowest BCUT2D eigenvalue weighted by Crippen LogP contribution is -2.49. The summed E-state index contributed by atoms with van der Waals surface area (Å²) in [4.78, 5) is 14.3. The molecule has 1 fully saturated rings. The van der Waals surface area contributed by atoms with E-state index in [1.807, 2.05) is 24.3 Å². The fraction of sp³-hybridized carbons (Fsp3) is 0.438. The molecule has 0 aromatic heterocycles. The van der Waals surface area contributed by atoms with E-state index in [4.69, 9.17) is 9.47 Å². The second-order valence-electron chi connectivity index (χ2n) is 4.92. The maximum absolute atomic E-state index is 12.5. The van der Waals surface area contributed by atoms with E-state index >= 15 is 0 Å². The van der Waals surface area contributed by atoms with Crippen LogP contribution >= 0.6 is 0 Å². The van der Waals surface area contributed by atoms with Crippen LogP contribution in [0.25, 0.3) is 0 Å². The largest absolute Gasteiger partial charge is 0.497 e. The van der Waals surface area contributed by atoms with Crippen LogP contribution in [0.3, 0.4) is 0 Å². The number of nitrogens with one attached hydrogen (secondary N) is 1. The first-order chi connectivity index (χ1) is 10.2. The second kappa shape index (κ2) is 7.81. The molecule has 114 valence electrons. The standard InChI is InChI=1S/C16H22N2O3/c1-3-9-18(16(19)15-11-17-8-10-21-15)12-13-4-6-14(20-2)7-5-13/h3-7,15,17H,1,8-12H2,2H3. The number of hydrogen-bond acceptors (Lipinski definition) is 4. The minimum Gasteiger partial charge on any atom is -0.497 e. The first-order valence-electron chi connectivity index (χ1n) is 7.09. The van der Waals surface area contributed by atoms with Gasteiger partial charge in [-0.15, -0.1) is 6.58 Å². The third kappa shape index (κ3) is 4.31. The quantitative estimate of drug-likeness (QED) is 0.800. The van der Waals surface area contributed by atoms with Crippen LogP contribution in [0.1, 0.15) is 5.56 Å². The number of carbonyl (C=O) groups is 1. The fourth-order valence-corrected chi connectivity index (χ4v) is 2.27. The van der Waals surface area contributed by atoms with Crippen molar-refractivity contribution in [2.75, 3.05) is 33.4 Å². The summed E-state index contributed by atoms with van der Waals surface area (Å²) < 4.78 is 10.7. The summed E-state index contributed by atoms with van der Waals surface area (Å²) >= 11 is 0. The van der Waals surface area contributed by atoms with Crippen molar-refractivity contribution >= 4 is 5.91 Å². The van der Waals surface area contributed by atoms with Gasteiger partial charge in [-0.25, -0.2) is 0 Å². The number of methoxy groups -OCH3 is 1. The topological polar surface area (TPSA) is 50.8 Å². The smallest absolute Gasteiger partial charge is 0.253 e. The molecule has 1 N–H and O–H groups in total. The van der Waals surface area contributed by atoms with E-state index in [-0.39, 0.29) is 5.91 Å². The highest BCUT2D eigenvalue weighted by Crippen LogP contribution is 2.14. The molecule has 0 saturated carbocycles. The predicted molar refractivity (Wildman–Crippen MR) is 81.2 cm³/mol. The average molecular weight is 290 g/mol. The van der Waals surface area contributed by atoms with Crippen LogP contribution in [-0.2, 0) is 16.1 Å². The molecule has 5 heteroatoms.